The number of halogens is 2. The lowest BCUT2D eigenvalue weighted by atomic mass is 10.3. The van der Waals surface area contributed by atoms with Crippen LogP contribution < -0.4 is 0 Å². The maximum absolute atomic E-state index is 12.2. The van der Waals surface area contributed by atoms with Crippen LogP contribution in [-0.4, -0.2) is 5.16 Å². The summed E-state index contributed by atoms with van der Waals surface area (Å²) >= 11 is 4.00. The first-order chi connectivity index (χ1) is 3.25. The summed E-state index contributed by atoms with van der Waals surface area (Å²) in [5.74, 6) is 0. The molecular formula is C4H9F2PS. The van der Waals surface area contributed by atoms with Crippen molar-refractivity contribution >= 4 is 18.5 Å². The Morgan fingerprint density at radius 3 is 1.38 bits per heavy atom. The fourth-order valence-electron chi connectivity index (χ4n) is 0. The summed E-state index contributed by atoms with van der Waals surface area (Å²) in [6.07, 6.45) is 0. The number of hydrogen-bond donors (Lipinski definition) is 0. The van der Waals surface area contributed by atoms with E-state index in [9.17, 15) is 8.39 Å². The van der Waals surface area contributed by atoms with E-state index in [4.69, 9.17) is 0 Å². The molecule has 0 aliphatic heterocycles. The molecule has 50 valence electrons. The van der Waals surface area contributed by atoms with Crippen molar-refractivity contribution in [3.63, 3.8) is 0 Å². The summed E-state index contributed by atoms with van der Waals surface area (Å²) in [4.78, 5) is 0. The third-order valence-corrected chi connectivity index (χ3v) is 3.99. The molecule has 0 unspecified atom stereocenters. The van der Waals surface area contributed by atoms with Crippen molar-refractivity contribution in [2.45, 2.75) is 25.9 Å². The average Bonchev–Trinajstić information content (AvgIpc) is 1.25. The minimum Gasteiger partial charge on any atom is -0.181 e. The van der Waals surface area contributed by atoms with Crippen molar-refractivity contribution in [3.8, 4) is 0 Å². The lowest BCUT2D eigenvalue weighted by molar-refractivity contribution is 0.632. The van der Waals surface area contributed by atoms with Gasteiger partial charge in [-0.3, -0.25) is 0 Å². The van der Waals surface area contributed by atoms with E-state index in [0.717, 1.165) is 0 Å². The standard InChI is InChI=1S/C4H9F2PS/c1-4(2,3)7(5,6)8/h1-3H3. The Kier molecular flexibility index (Phi) is 2.16. The third kappa shape index (κ3) is 2.19. The Labute approximate surface area is 53.5 Å². The summed E-state index contributed by atoms with van der Waals surface area (Å²) in [5.41, 5.74) is 0. The van der Waals surface area contributed by atoms with Crippen molar-refractivity contribution in [2.24, 2.45) is 0 Å². The Morgan fingerprint density at radius 1 is 1.25 bits per heavy atom. The van der Waals surface area contributed by atoms with Crippen LogP contribution in [0.3, 0.4) is 0 Å². The highest BCUT2D eigenvalue weighted by atomic mass is 32.5. The summed E-state index contributed by atoms with van der Waals surface area (Å²) < 4.78 is 24.3. The molecule has 0 aromatic rings. The van der Waals surface area contributed by atoms with Crippen LogP contribution in [0.4, 0.5) is 8.39 Å². The smallest absolute Gasteiger partial charge is 0.181 e. The quantitative estimate of drug-likeness (QED) is 0.488. The minimum atomic E-state index is -4.02. The zero-order valence-corrected chi connectivity index (χ0v) is 6.82. The van der Waals surface area contributed by atoms with Gasteiger partial charge in [-0.05, 0) is 11.8 Å². The molecule has 0 heterocycles. The van der Waals surface area contributed by atoms with Crippen molar-refractivity contribution in [3.05, 3.63) is 0 Å². The second-order valence-electron chi connectivity index (χ2n) is 2.63. The fourth-order valence-corrected chi connectivity index (χ4v) is 0. The largest absolute Gasteiger partial charge is 0.278 e. The van der Waals surface area contributed by atoms with Gasteiger partial charge in [-0.2, -0.15) is 8.39 Å². The van der Waals surface area contributed by atoms with Gasteiger partial charge >= 0.3 is 0 Å². The first-order valence-electron chi connectivity index (χ1n) is 2.24. The molecule has 0 nitrogen and oxygen atoms in total. The van der Waals surface area contributed by atoms with Crippen LogP contribution in [0.5, 0.6) is 0 Å². The summed E-state index contributed by atoms with van der Waals surface area (Å²) in [6.45, 7) is 0.382. The van der Waals surface area contributed by atoms with E-state index >= 15 is 0 Å². The third-order valence-electron chi connectivity index (χ3n) is 0.781. The van der Waals surface area contributed by atoms with Gasteiger partial charge in [-0.25, -0.2) is 0 Å². The van der Waals surface area contributed by atoms with Crippen molar-refractivity contribution < 1.29 is 8.39 Å². The number of rotatable bonds is 0. The van der Waals surface area contributed by atoms with Crippen LogP contribution in [0.25, 0.3) is 0 Å². The zero-order valence-electron chi connectivity index (χ0n) is 5.11. The summed E-state index contributed by atoms with van der Waals surface area (Å²) in [5, 5.41) is -0.970. The van der Waals surface area contributed by atoms with E-state index in [0.29, 0.717) is 0 Å². The molecule has 8 heavy (non-hydrogen) atoms. The van der Waals surface area contributed by atoms with E-state index in [2.05, 4.69) is 11.8 Å². The van der Waals surface area contributed by atoms with Gasteiger partial charge in [0.1, 0.15) is 0 Å². The molecule has 0 N–H and O–H groups in total. The van der Waals surface area contributed by atoms with Gasteiger partial charge < -0.3 is 0 Å². The summed E-state index contributed by atoms with van der Waals surface area (Å²) in [7, 11) is 0. The molecule has 0 radical (unpaired) electrons. The SMILES string of the molecule is CC(C)(C)P(F)(F)=S. The van der Waals surface area contributed by atoms with Gasteiger partial charge in [0, 0.05) is 5.16 Å². The highest BCUT2D eigenvalue weighted by Crippen LogP contribution is 2.60. The molecule has 0 saturated heterocycles. The van der Waals surface area contributed by atoms with Gasteiger partial charge in [0.2, 0.25) is 0 Å². The average molecular weight is 158 g/mol. The minimum absolute atomic E-state index is 0.970. The topological polar surface area (TPSA) is 0 Å². The molecule has 0 bridgehead atoms. The zero-order chi connectivity index (χ0) is 7.00. The lowest BCUT2D eigenvalue weighted by Crippen LogP contribution is -2.08. The van der Waals surface area contributed by atoms with E-state index < -0.39 is 11.8 Å². The maximum atomic E-state index is 12.2. The van der Waals surface area contributed by atoms with Gasteiger partial charge in [-0.15, -0.1) is 0 Å². The molecule has 0 spiro atoms. The molecule has 0 aromatic heterocycles. The van der Waals surface area contributed by atoms with Crippen LogP contribution in [0, 0.1) is 0 Å². The van der Waals surface area contributed by atoms with Gasteiger partial charge in [-0.1, -0.05) is 20.8 Å². The van der Waals surface area contributed by atoms with Gasteiger partial charge in [0.25, 0.3) is 6.66 Å². The second-order valence-corrected chi connectivity index (χ2v) is 6.27. The Hall–Kier alpha value is 0.510. The van der Waals surface area contributed by atoms with Gasteiger partial charge in [0.15, 0.2) is 0 Å². The molecule has 0 aliphatic carbocycles. The van der Waals surface area contributed by atoms with E-state index in [-0.39, 0.29) is 0 Å². The fraction of sp³-hybridized carbons (Fsp3) is 1.00. The molecule has 0 fully saturated rings. The van der Waals surface area contributed by atoms with Crippen LogP contribution in [0.15, 0.2) is 0 Å². The van der Waals surface area contributed by atoms with Crippen LogP contribution in [-0.2, 0) is 11.8 Å². The first kappa shape index (κ1) is 8.51. The molecule has 0 aliphatic rings. The molecule has 0 rings (SSSR count). The van der Waals surface area contributed by atoms with Gasteiger partial charge in [0.05, 0.1) is 0 Å². The Balaban J connectivity index is 4.26. The predicted octanol–water partition coefficient (Wildman–Crippen LogP) is 3.03. The van der Waals surface area contributed by atoms with Crippen LogP contribution in [0.1, 0.15) is 20.8 Å². The molecule has 0 atom stereocenters. The predicted molar refractivity (Wildman–Crippen MR) is 36.3 cm³/mol. The molecule has 0 saturated carbocycles. The van der Waals surface area contributed by atoms with Crippen molar-refractivity contribution in [1.29, 1.82) is 0 Å². The van der Waals surface area contributed by atoms with Crippen molar-refractivity contribution in [2.75, 3.05) is 0 Å². The monoisotopic (exact) mass is 158 g/mol. The van der Waals surface area contributed by atoms with E-state index in [1.807, 2.05) is 0 Å². The van der Waals surface area contributed by atoms with Crippen LogP contribution >= 0.6 is 6.66 Å². The Morgan fingerprint density at radius 2 is 1.38 bits per heavy atom. The first-order valence-corrected chi connectivity index (χ1v) is 4.83. The second kappa shape index (κ2) is 2.03. The van der Waals surface area contributed by atoms with Crippen LogP contribution in [0.2, 0.25) is 0 Å². The van der Waals surface area contributed by atoms with Crippen molar-refractivity contribution in [1.82, 2.24) is 0 Å². The number of hydrogen-bond acceptors (Lipinski definition) is 1. The summed E-state index contributed by atoms with van der Waals surface area (Å²) in [6, 6.07) is 0. The molecule has 4 heteroatoms. The maximum Gasteiger partial charge on any atom is 0.278 e. The molecular weight excluding hydrogens is 149 g/mol. The van der Waals surface area contributed by atoms with E-state index in [1.54, 1.807) is 0 Å². The molecule has 0 aromatic carbocycles. The highest BCUT2D eigenvalue weighted by Gasteiger charge is 2.31. The molecule has 0 amide bonds. The normalized spacial score (nSPS) is 14.1. The highest BCUT2D eigenvalue weighted by molar-refractivity contribution is 8.10. The van der Waals surface area contributed by atoms with E-state index in [1.165, 1.54) is 20.8 Å². The lowest BCUT2D eigenvalue weighted by Gasteiger charge is -2.18. The Bertz CT molecular complexity index is 120.